The van der Waals surface area contributed by atoms with Crippen LogP contribution < -0.4 is 16.2 Å². The van der Waals surface area contributed by atoms with Gasteiger partial charge in [0.15, 0.2) is 11.9 Å². The molecule has 1 atom stereocenters. The van der Waals surface area contributed by atoms with Crippen molar-refractivity contribution in [1.29, 1.82) is 10.8 Å². The number of nitrogens with two attached hydrogens (primary N) is 2. The zero-order valence-electron chi connectivity index (χ0n) is 10.1. The monoisotopic (exact) mass is 271 g/mol. The van der Waals surface area contributed by atoms with Crippen molar-refractivity contribution in [2.24, 2.45) is 11.5 Å². The topological polar surface area (TPSA) is 112 Å². The highest BCUT2D eigenvalue weighted by Crippen LogP contribution is 2.11. The summed E-state index contributed by atoms with van der Waals surface area (Å²) in [6, 6.07) is 9.31. The molecular weight excluding hydrogens is 254 g/mol. The van der Waals surface area contributed by atoms with Crippen molar-refractivity contribution in [2.75, 3.05) is 6.54 Å². The summed E-state index contributed by atoms with van der Waals surface area (Å²) in [6.07, 6.45) is -0.231. The van der Waals surface area contributed by atoms with Crippen LogP contribution in [0.4, 0.5) is 0 Å². The van der Waals surface area contributed by atoms with Crippen molar-refractivity contribution in [1.82, 2.24) is 4.90 Å². The Labute approximate surface area is 112 Å². The summed E-state index contributed by atoms with van der Waals surface area (Å²) < 4.78 is 5.60. The lowest BCUT2D eigenvalue weighted by Crippen LogP contribution is -2.48. The minimum atomic E-state index is -0.263. The van der Waals surface area contributed by atoms with Crippen LogP contribution in [0.1, 0.15) is 6.92 Å². The molecule has 0 aromatic heterocycles. The third-order valence-electron chi connectivity index (χ3n) is 2.10. The number of nitrogens with one attached hydrogen (secondary N) is 2. The normalized spacial score (nSPS) is 10.9. The van der Waals surface area contributed by atoms with E-state index in [4.69, 9.17) is 27.0 Å². The SMILES string of the molecule is CC(CN(C(=N)N)C(=N)N)Oc1ccccc1.Cl. The van der Waals surface area contributed by atoms with E-state index in [1.54, 1.807) is 0 Å². The van der Waals surface area contributed by atoms with Crippen LogP contribution in [-0.2, 0) is 0 Å². The van der Waals surface area contributed by atoms with Crippen LogP contribution in [0, 0.1) is 10.8 Å². The molecule has 0 spiro atoms. The molecule has 1 rings (SSSR count). The van der Waals surface area contributed by atoms with Crippen molar-refractivity contribution in [2.45, 2.75) is 13.0 Å². The van der Waals surface area contributed by atoms with Gasteiger partial charge in [-0.15, -0.1) is 12.4 Å². The minimum Gasteiger partial charge on any atom is -0.489 e. The molecule has 0 fully saturated rings. The Balaban J connectivity index is 0.00000289. The van der Waals surface area contributed by atoms with Gasteiger partial charge in [-0.25, -0.2) is 0 Å². The van der Waals surface area contributed by atoms with Crippen LogP contribution in [0.3, 0.4) is 0 Å². The van der Waals surface area contributed by atoms with Crippen LogP contribution in [0.15, 0.2) is 30.3 Å². The van der Waals surface area contributed by atoms with E-state index < -0.39 is 0 Å². The number of halogens is 1. The summed E-state index contributed by atoms with van der Waals surface area (Å²) in [6.45, 7) is 2.09. The van der Waals surface area contributed by atoms with Crippen molar-refractivity contribution in [3.05, 3.63) is 30.3 Å². The zero-order valence-corrected chi connectivity index (χ0v) is 10.9. The number of hydrogen-bond acceptors (Lipinski definition) is 3. The predicted molar refractivity (Wildman–Crippen MR) is 74.3 cm³/mol. The molecule has 0 aliphatic rings. The van der Waals surface area contributed by atoms with Gasteiger partial charge in [-0.1, -0.05) is 18.2 Å². The molecule has 18 heavy (non-hydrogen) atoms. The average Bonchev–Trinajstić information content (AvgIpc) is 2.26. The lowest BCUT2D eigenvalue weighted by Gasteiger charge is -2.24. The Bertz CT molecular complexity index is 384. The smallest absolute Gasteiger partial charge is 0.195 e. The van der Waals surface area contributed by atoms with Crippen molar-refractivity contribution in [3.63, 3.8) is 0 Å². The van der Waals surface area contributed by atoms with Crippen molar-refractivity contribution >= 4 is 24.3 Å². The number of rotatable bonds is 4. The van der Waals surface area contributed by atoms with E-state index >= 15 is 0 Å². The van der Waals surface area contributed by atoms with Gasteiger partial charge in [-0.3, -0.25) is 15.7 Å². The maximum Gasteiger partial charge on any atom is 0.195 e. The first-order valence-corrected chi connectivity index (χ1v) is 5.18. The number of nitrogens with zero attached hydrogens (tertiary/aromatic N) is 1. The van der Waals surface area contributed by atoms with Crippen molar-refractivity contribution in [3.8, 4) is 5.75 Å². The molecule has 0 heterocycles. The molecule has 6 N–H and O–H groups in total. The summed E-state index contributed by atoms with van der Waals surface area (Å²) in [5.41, 5.74) is 10.6. The Kier molecular flexibility index (Phi) is 6.59. The molecule has 0 aliphatic carbocycles. The molecule has 0 saturated carbocycles. The second-order valence-electron chi connectivity index (χ2n) is 3.62. The lowest BCUT2D eigenvalue weighted by molar-refractivity contribution is 0.202. The molecule has 1 aromatic carbocycles. The van der Waals surface area contributed by atoms with E-state index in [0.717, 1.165) is 5.75 Å². The Hall–Kier alpha value is -1.95. The molecule has 100 valence electrons. The fraction of sp³-hybridized carbons (Fsp3) is 0.273. The fourth-order valence-electron chi connectivity index (χ4n) is 1.35. The number of guanidine groups is 2. The molecule has 0 amide bonds. The van der Waals surface area contributed by atoms with Gasteiger partial charge in [0.05, 0.1) is 6.54 Å². The van der Waals surface area contributed by atoms with Crippen LogP contribution >= 0.6 is 12.4 Å². The summed E-state index contributed by atoms with van der Waals surface area (Å²) in [5, 5.41) is 14.6. The van der Waals surface area contributed by atoms with Crippen LogP contribution in [0.5, 0.6) is 5.75 Å². The summed E-state index contributed by atoms with van der Waals surface area (Å²) in [4.78, 5) is 1.17. The summed E-state index contributed by atoms with van der Waals surface area (Å²) in [5.74, 6) is 0.203. The van der Waals surface area contributed by atoms with Gasteiger partial charge in [0.2, 0.25) is 0 Å². The van der Waals surface area contributed by atoms with E-state index in [1.165, 1.54) is 4.90 Å². The van der Waals surface area contributed by atoms with E-state index in [1.807, 2.05) is 37.3 Å². The standard InChI is InChI=1S/C11H17N5O.ClH/c1-8(7-16(10(12)13)11(14)15)17-9-5-3-2-4-6-9;/h2-6,8H,7H2,1H3,(H3,12,13)(H3,14,15);1H. The number of para-hydroxylation sites is 1. The Morgan fingerprint density at radius 3 is 2.17 bits per heavy atom. The van der Waals surface area contributed by atoms with Gasteiger partial charge in [0.25, 0.3) is 0 Å². The van der Waals surface area contributed by atoms with Gasteiger partial charge in [0.1, 0.15) is 11.9 Å². The minimum absolute atomic E-state index is 0. The van der Waals surface area contributed by atoms with E-state index in [2.05, 4.69) is 0 Å². The summed E-state index contributed by atoms with van der Waals surface area (Å²) in [7, 11) is 0. The molecule has 6 nitrogen and oxygen atoms in total. The second-order valence-corrected chi connectivity index (χ2v) is 3.62. The van der Waals surface area contributed by atoms with Gasteiger partial charge in [0, 0.05) is 0 Å². The highest BCUT2D eigenvalue weighted by Gasteiger charge is 2.15. The Morgan fingerprint density at radius 1 is 1.22 bits per heavy atom. The zero-order chi connectivity index (χ0) is 12.8. The first-order valence-electron chi connectivity index (χ1n) is 5.18. The second kappa shape index (κ2) is 7.39. The molecular formula is C11H18ClN5O. The predicted octanol–water partition coefficient (Wildman–Crippen LogP) is 0.965. The van der Waals surface area contributed by atoms with E-state index in [0.29, 0.717) is 0 Å². The van der Waals surface area contributed by atoms with Crippen molar-refractivity contribution < 1.29 is 4.74 Å². The molecule has 1 unspecified atom stereocenters. The summed E-state index contributed by atoms with van der Waals surface area (Å²) >= 11 is 0. The van der Waals surface area contributed by atoms with Gasteiger partial charge in [-0.2, -0.15) is 0 Å². The highest BCUT2D eigenvalue weighted by atomic mass is 35.5. The van der Waals surface area contributed by atoms with Gasteiger partial charge in [-0.05, 0) is 19.1 Å². The van der Waals surface area contributed by atoms with E-state index in [-0.39, 0.29) is 37.0 Å². The maximum absolute atomic E-state index is 7.28. The third-order valence-corrected chi connectivity index (χ3v) is 2.10. The first kappa shape index (κ1) is 16.1. The van der Waals surface area contributed by atoms with Crippen LogP contribution in [0.25, 0.3) is 0 Å². The maximum atomic E-state index is 7.28. The van der Waals surface area contributed by atoms with Crippen LogP contribution in [-0.4, -0.2) is 29.5 Å². The molecule has 0 saturated heterocycles. The fourth-order valence-corrected chi connectivity index (χ4v) is 1.35. The van der Waals surface area contributed by atoms with E-state index in [9.17, 15) is 0 Å². The molecule has 0 bridgehead atoms. The number of ether oxygens (including phenoxy) is 1. The number of benzene rings is 1. The Morgan fingerprint density at radius 2 is 1.72 bits per heavy atom. The quantitative estimate of drug-likeness (QED) is 0.483. The third kappa shape index (κ3) is 4.92. The molecule has 0 radical (unpaired) electrons. The first-order chi connectivity index (χ1) is 8.00. The molecule has 7 heteroatoms. The average molecular weight is 272 g/mol. The lowest BCUT2D eigenvalue weighted by atomic mass is 10.3. The van der Waals surface area contributed by atoms with Gasteiger partial charge >= 0.3 is 0 Å². The highest BCUT2D eigenvalue weighted by molar-refractivity contribution is 5.94. The largest absolute Gasteiger partial charge is 0.489 e. The van der Waals surface area contributed by atoms with Crippen LogP contribution in [0.2, 0.25) is 0 Å². The molecule has 0 aliphatic heterocycles. The van der Waals surface area contributed by atoms with Gasteiger partial charge < -0.3 is 16.2 Å². The number of hydrogen-bond donors (Lipinski definition) is 4. The molecule has 1 aromatic rings.